The van der Waals surface area contributed by atoms with E-state index in [0.717, 1.165) is 11.1 Å². The van der Waals surface area contributed by atoms with Crippen molar-refractivity contribution >= 4 is 27.5 Å². The lowest BCUT2D eigenvalue weighted by Crippen LogP contribution is -2.42. The highest BCUT2D eigenvalue weighted by Crippen LogP contribution is 2.22. The van der Waals surface area contributed by atoms with Crippen LogP contribution in [0.5, 0.6) is 0 Å². The van der Waals surface area contributed by atoms with Crippen molar-refractivity contribution in [2.24, 2.45) is 0 Å². The molecule has 1 saturated heterocycles. The predicted molar refractivity (Wildman–Crippen MR) is 81.2 cm³/mol. The summed E-state index contributed by atoms with van der Waals surface area (Å²) in [6.45, 7) is 4.39. The van der Waals surface area contributed by atoms with Crippen LogP contribution in [0.1, 0.15) is 34.3 Å². The minimum absolute atomic E-state index is 0.114. The monoisotopic (exact) mass is 331 g/mol. The lowest BCUT2D eigenvalue weighted by atomic mass is 10.1. The zero-order chi connectivity index (χ0) is 15.6. The fourth-order valence-corrected chi connectivity index (χ4v) is 3.77. The smallest absolute Gasteiger partial charge is 0.266 e. The first-order valence-corrected chi connectivity index (χ1v) is 8.64. The van der Waals surface area contributed by atoms with E-state index in [-0.39, 0.29) is 17.2 Å². The summed E-state index contributed by atoms with van der Waals surface area (Å²) in [6, 6.07) is 3.25. The standard InChI is InChI=1S/C14H18ClNO4S/c1-9-6-12(13(15)7-10(9)2)14(17)16-21(18,19)11-4-3-5-20-8-11/h6-7,11H,3-5,8H2,1-2H3,(H,16,17). The number of carbonyl (C=O) groups is 1. The minimum Gasteiger partial charge on any atom is -0.380 e. The van der Waals surface area contributed by atoms with Crippen LogP contribution in [0, 0.1) is 13.8 Å². The minimum atomic E-state index is -3.75. The van der Waals surface area contributed by atoms with Crippen LogP contribution in [0.4, 0.5) is 0 Å². The topological polar surface area (TPSA) is 72.5 Å². The second kappa shape index (κ2) is 6.34. The molecule has 1 unspecified atom stereocenters. The van der Waals surface area contributed by atoms with E-state index in [1.54, 1.807) is 12.1 Å². The lowest BCUT2D eigenvalue weighted by molar-refractivity contribution is 0.0953. The molecule has 0 aromatic heterocycles. The van der Waals surface area contributed by atoms with Crippen LogP contribution >= 0.6 is 11.6 Å². The van der Waals surface area contributed by atoms with Crippen LogP contribution in [0.3, 0.4) is 0 Å². The molecule has 1 atom stereocenters. The van der Waals surface area contributed by atoms with Gasteiger partial charge in [0.05, 0.1) is 17.2 Å². The molecule has 116 valence electrons. The molecule has 5 nitrogen and oxygen atoms in total. The summed E-state index contributed by atoms with van der Waals surface area (Å²) in [7, 11) is -3.75. The third-order valence-electron chi connectivity index (χ3n) is 3.62. The van der Waals surface area contributed by atoms with E-state index in [9.17, 15) is 13.2 Å². The Balaban J connectivity index is 2.19. The largest absolute Gasteiger partial charge is 0.380 e. The van der Waals surface area contributed by atoms with E-state index in [1.807, 2.05) is 13.8 Å². The van der Waals surface area contributed by atoms with Gasteiger partial charge in [0.25, 0.3) is 5.91 Å². The van der Waals surface area contributed by atoms with Gasteiger partial charge in [0.2, 0.25) is 10.0 Å². The van der Waals surface area contributed by atoms with Gasteiger partial charge in [-0.15, -0.1) is 0 Å². The molecule has 1 fully saturated rings. The molecular formula is C14H18ClNO4S. The zero-order valence-electron chi connectivity index (χ0n) is 12.0. The van der Waals surface area contributed by atoms with Gasteiger partial charge in [-0.1, -0.05) is 11.6 Å². The van der Waals surface area contributed by atoms with Crippen LogP contribution in [0.2, 0.25) is 5.02 Å². The molecule has 1 heterocycles. The van der Waals surface area contributed by atoms with Crippen LogP contribution < -0.4 is 4.72 Å². The first-order valence-electron chi connectivity index (χ1n) is 6.71. The zero-order valence-corrected chi connectivity index (χ0v) is 13.6. The summed E-state index contributed by atoms with van der Waals surface area (Å²) in [6.07, 6.45) is 1.16. The molecular weight excluding hydrogens is 314 g/mol. The number of hydrogen-bond donors (Lipinski definition) is 1. The van der Waals surface area contributed by atoms with Crippen LogP contribution in [0.25, 0.3) is 0 Å². The van der Waals surface area contributed by atoms with E-state index in [1.165, 1.54) is 0 Å². The fraction of sp³-hybridized carbons (Fsp3) is 0.500. The van der Waals surface area contributed by atoms with Gasteiger partial charge in [0, 0.05) is 6.61 Å². The Morgan fingerprint density at radius 2 is 2.00 bits per heavy atom. The highest BCUT2D eigenvalue weighted by Gasteiger charge is 2.30. The predicted octanol–water partition coefficient (Wildman–Crippen LogP) is 2.20. The molecule has 2 rings (SSSR count). The highest BCUT2D eigenvalue weighted by molar-refractivity contribution is 7.90. The maximum Gasteiger partial charge on any atom is 0.266 e. The van der Waals surface area contributed by atoms with Gasteiger partial charge in [-0.2, -0.15) is 0 Å². The quantitative estimate of drug-likeness (QED) is 0.921. The molecule has 1 N–H and O–H groups in total. The number of amides is 1. The van der Waals surface area contributed by atoms with Crippen molar-refractivity contribution in [3.05, 3.63) is 33.8 Å². The highest BCUT2D eigenvalue weighted by atomic mass is 35.5. The third kappa shape index (κ3) is 3.75. The molecule has 0 spiro atoms. The van der Waals surface area contributed by atoms with E-state index in [2.05, 4.69) is 4.72 Å². The number of hydrogen-bond acceptors (Lipinski definition) is 4. The lowest BCUT2D eigenvalue weighted by Gasteiger charge is -2.22. The third-order valence-corrected chi connectivity index (χ3v) is 5.65. The van der Waals surface area contributed by atoms with Gasteiger partial charge in [-0.3, -0.25) is 4.79 Å². The average Bonchev–Trinajstić information content (AvgIpc) is 2.43. The van der Waals surface area contributed by atoms with Gasteiger partial charge < -0.3 is 4.74 Å². The van der Waals surface area contributed by atoms with E-state index in [4.69, 9.17) is 16.3 Å². The number of rotatable bonds is 3. The SMILES string of the molecule is Cc1cc(Cl)c(C(=O)NS(=O)(=O)C2CCCOC2)cc1C. The van der Waals surface area contributed by atoms with Crippen molar-refractivity contribution in [2.75, 3.05) is 13.2 Å². The Bertz CT molecular complexity index is 651. The Morgan fingerprint density at radius 3 is 2.62 bits per heavy atom. The van der Waals surface area contributed by atoms with E-state index < -0.39 is 21.2 Å². The maximum atomic E-state index is 12.2. The summed E-state index contributed by atoms with van der Waals surface area (Å²) >= 11 is 6.03. The number of carbonyl (C=O) groups excluding carboxylic acids is 1. The summed E-state index contributed by atoms with van der Waals surface area (Å²) in [5, 5.41) is -0.453. The van der Waals surface area contributed by atoms with Crippen LogP contribution in [0.15, 0.2) is 12.1 Å². The normalized spacial score (nSPS) is 19.3. The van der Waals surface area contributed by atoms with E-state index in [0.29, 0.717) is 19.4 Å². The van der Waals surface area contributed by atoms with Crippen molar-refractivity contribution in [2.45, 2.75) is 31.9 Å². The van der Waals surface area contributed by atoms with Crippen LogP contribution in [-0.4, -0.2) is 32.8 Å². The number of ether oxygens (including phenoxy) is 1. The van der Waals surface area contributed by atoms with E-state index >= 15 is 0 Å². The average molecular weight is 332 g/mol. The summed E-state index contributed by atoms with van der Waals surface area (Å²) in [5.41, 5.74) is 1.99. The second-order valence-electron chi connectivity index (χ2n) is 5.23. The molecule has 0 aliphatic carbocycles. The Kier molecular flexibility index (Phi) is 4.91. The Morgan fingerprint density at radius 1 is 1.33 bits per heavy atom. The molecule has 0 radical (unpaired) electrons. The van der Waals surface area contributed by atoms with Crippen molar-refractivity contribution in [3.63, 3.8) is 0 Å². The maximum absolute atomic E-state index is 12.2. The number of benzene rings is 1. The summed E-state index contributed by atoms with van der Waals surface area (Å²) < 4.78 is 31.6. The molecule has 1 amide bonds. The van der Waals surface area contributed by atoms with Gasteiger partial charge >= 0.3 is 0 Å². The number of aryl methyl sites for hydroxylation is 2. The molecule has 1 aliphatic rings. The second-order valence-corrected chi connectivity index (χ2v) is 7.60. The molecule has 1 aromatic carbocycles. The Labute approximate surface area is 129 Å². The van der Waals surface area contributed by atoms with Crippen LogP contribution in [-0.2, 0) is 14.8 Å². The molecule has 7 heteroatoms. The summed E-state index contributed by atoms with van der Waals surface area (Å²) in [4.78, 5) is 12.2. The van der Waals surface area contributed by atoms with Crippen molar-refractivity contribution in [1.29, 1.82) is 0 Å². The molecule has 1 aromatic rings. The van der Waals surface area contributed by atoms with Crippen molar-refractivity contribution in [1.82, 2.24) is 4.72 Å². The van der Waals surface area contributed by atoms with Crippen molar-refractivity contribution < 1.29 is 17.9 Å². The molecule has 21 heavy (non-hydrogen) atoms. The van der Waals surface area contributed by atoms with Gasteiger partial charge in [-0.05, 0) is 49.9 Å². The molecule has 1 aliphatic heterocycles. The number of sulfonamides is 1. The Hall–Kier alpha value is -1.11. The summed E-state index contributed by atoms with van der Waals surface area (Å²) in [5.74, 6) is -0.700. The molecule has 0 saturated carbocycles. The fourth-order valence-electron chi connectivity index (χ4n) is 2.18. The first-order chi connectivity index (χ1) is 9.81. The van der Waals surface area contributed by atoms with Crippen molar-refractivity contribution in [3.8, 4) is 0 Å². The number of halogens is 1. The van der Waals surface area contributed by atoms with Gasteiger partial charge in [-0.25, -0.2) is 13.1 Å². The first kappa shape index (κ1) is 16.3. The molecule has 0 bridgehead atoms. The van der Waals surface area contributed by atoms with Gasteiger partial charge in [0.1, 0.15) is 5.25 Å². The number of nitrogens with one attached hydrogen (secondary N) is 1. The van der Waals surface area contributed by atoms with Gasteiger partial charge in [0.15, 0.2) is 0 Å².